The molecule has 50 valence electrons. The summed E-state index contributed by atoms with van der Waals surface area (Å²) in [6.45, 7) is 6.15. The van der Waals surface area contributed by atoms with E-state index in [0.717, 1.165) is 6.42 Å². The van der Waals surface area contributed by atoms with Crippen molar-refractivity contribution < 1.29 is 0 Å². The van der Waals surface area contributed by atoms with Gasteiger partial charge in [-0.1, -0.05) is 11.6 Å². The van der Waals surface area contributed by atoms with Crippen LogP contribution in [0.5, 0.6) is 0 Å². The fraction of sp³-hybridized carbons (Fsp3) is 0.444. The lowest BCUT2D eigenvalue weighted by Crippen LogP contribution is -1.67. The average molecular weight is 122 g/mol. The van der Waals surface area contributed by atoms with Gasteiger partial charge in [0.15, 0.2) is 0 Å². The second-order valence-corrected chi connectivity index (χ2v) is 2.00. The first kappa shape index (κ1) is 8.26. The van der Waals surface area contributed by atoms with Gasteiger partial charge in [0.2, 0.25) is 0 Å². The third-order valence-corrected chi connectivity index (χ3v) is 1.20. The first-order valence-electron chi connectivity index (χ1n) is 3.28. The quantitative estimate of drug-likeness (QED) is 0.390. The van der Waals surface area contributed by atoms with Crippen LogP contribution in [0.1, 0.15) is 27.2 Å². The highest BCUT2D eigenvalue weighted by Crippen LogP contribution is 1.97. The molecule has 0 bridgehead atoms. The zero-order chi connectivity index (χ0) is 7.11. The van der Waals surface area contributed by atoms with Gasteiger partial charge < -0.3 is 0 Å². The largest absolute Gasteiger partial charge is 0.130 e. The van der Waals surface area contributed by atoms with Gasteiger partial charge in [-0.05, 0) is 39.3 Å². The Balaban J connectivity index is 3.64. The van der Waals surface area contributed by atoms with E-state index in [0.29, 0.717) is 0 Å². The third-order valence-electron chi connectivity index (χ3n) is 1.20. The van der Waals surface area contributed by atoms with Crippen molar-refractivity contribution in [1.82, 2.24) is 0 Å². The molecule has 0 rings (SSSR count). The molecule has 0 aromatic heterocycles. The van der Waals surface area contributed by atoms with E-state index in [1.807, 2.05) is 19.1 Å². The van der Waals surface area contributed by atoms with Crippen molar-refractivity contribution in [3.63, 3.8) is 0 Å². The van der Waals surface area contributed by atoms with Crippen LogP contribution in [-0.4, -0.2) is 0 Å². The maximum atomic E-state index is 3.02. The van der Waals surface area contributed by atoms with Crippen LogP contribution in [0.4, 0.5) is 0 Å². The second kappa shape index (κ2) is 5.40. The van der Waals surface area contributed by atoms with Crippen LogP contribution < -0.4 is 0 Å². The number of rotatable bonds is 2. The molecule has 0 aliphatic rings. The van der Waals surface area contributed by atoms with Crippen molar-refractivity contribution in [2.75, 3.05) is 0 Å². The Bertz CT molecular complexity index is 143. The zero-order valence-corrected chi connectivity index (χ0v) is 6.44. The average Bonchev–Trinajstić information content (AvgIpc) is 1.89. The van der Waals surface area contributed by atoms with E-state index in [1.54, 1.807) is 0 Å². The van der Waals surface area contributed by atoms with Crippen LogP contribution in [0.2, 0.25) is 0 Å². The van der Waals surface area contributed by atoms with Crippen molar-refractivity contribution in [2.24, 2.45) is 0 Å². The summed E-state index contributed by atoms with van der Waals surface area (Å²) in [4.78, 5) is 0. The molecule has 0 radical (unpaired) electrons. The lowest BCUT2D eigenvalue weighted by atomic mass is 10.2. The summed E-state index contributed by atoms with van der Waals surface area (Å²) in [5.41, 5.74) is 4.42. The summed E-state index contributed by atoms with van der Waals surface area (Å²) < 4.78 is 0. The highest BCUT2D eigenvalue weighted by atomic mass is 13.8. The van der Waals surface area contributed by atoms with Gasteiger partial charge in [-0.2, -0.15) is 0 Å². The number of allylic oxidation sites excluding steroid dienone is 3. The normalized spacial score (nSPS) is 10.3. The van der Waals surface area contributed by atoms with Gasteiger partial charge in [0.05, 0.1) is 0 Å². The van der Waals surface area contributed by atoms with Crippen molar-refractivity contribution in [2.45, 2.75) is 27.2 Å². The van der Waals surface area contributed by atoms with Crippen LogP contribution in [0.25, 0.3) is 0 Å². The molecule has 9 heavy (non-hydrogen) atoms. The van der Waals surface area contributed by atoms with Gasteiger partial charge in [-0.25, -0.2) is 0 Å². The lowest BCUT2D eigenvalue weighted by Gasteiger charge is -1.87. The van der Waals surface area contributed by atoms with Crippen LogP contribution >= 0.6 is 0 Å². The maximum absolute atomic E-state index is 3.02. The molecule has 0 spiro atoms. The first-order chi connectivity index (χ1) is 4.31. The van der Waals surface area contributed by atoms with Gasteiger partial charge in [0.25, 0.3) is 0 Å². The predicted molar refractivity (Wildman–Crippen MR) is 42.4 cm³/mol. The van der Waals surface area contributed by atoms with E-state index in [-0.39, 0.29) is 0 Å². The predicted octanol–water partition coefficient (Wildman–Crippen LogP) is 3.07. The van der Waals surface area contributed by atoms with Crippen LogP contribution in [0, 0.1) is 0 Å². The van der Waals surface area contributed by atoms with E-state index in [9.17, 15) is 0 Å². The lowest BCUT2D eigenvalue weighted by molar-refractivity contribution is 1.20. The molecule has 0 fully saturated rings. The van der Waals surface area contributed by atoms with Gasteiger partial charge in [0, 0.05) is 0 Å². The van der Waals surface area contributed by atoms with Gasteiger partial charge in [-0.3, -0.25) is 0 Å². The van der Waals surface area contributed by atoms with Gasteiger partial charge in [0.1, 0.15) is 0 Å². The second-order valence-electron chi connectivity index (χ2n) is 2.00. The summed E-state index contributed by atoms with van der Waals surface area (Å²) in [7, 11) is 0. The number of hydrogen-bond acceptors (Lipinski definition) is 0. The Hall–Kier alpha value is -0.740. The van der Waals surface area contributed by atoms with E-state index in [2.05, 4.69) is 25.7 Å². The molecule has 0 aromatic rings. The summed E-state index contributed by atoms with van der Waals surface area (Å²) in [6, 6.07) is 0. The van der Waals surface area contributed by atoms with Crippen molar-refractivity contribution in [1.29, 1.82) is 0 Å². The van der Waals surface area contributed by atoms with Crippen LogP contribution in [-0.2, 0) is 0 Å². The summed E-state index contributed by atoms with van der Waals surface area (Å²) in [6.07, 6.45) is 7.10. The smallest absolute Gasteiger partial charge is 0.00656 e. The van der Waals surface area contributed by atoms with Crippen molar-refractivity contribution in [3.8, 4) is 0 Å². The minimum absolute atomic E-state index is 1.03. The molecular weight excluding hydrogens is 108 g/mol. The Morgan fingerprint density at radius 2 is 2.11 bits per heavy atom. The Morgan fingerprint density at radius 1 is 1.44 bits per heavy atom. The minimum atomic E-state index is 1.03. The van der Waals surface area contributed by atoms with E-state index in [1.165, 1.54) is 5.57 Å². The SMILES string of the molecule is CC=C=CC/C(C)=C\C. The molecule has 0 aromatic carbocycles. The highest BCUT2D eigenvalue weighted by molar-refractivity contribution is 5.02. The Labute approximate surface area is 57.6 Å². The molecule has 0 nitrogen and oxygen atoms in total. The molecule has 0 N–H and O–H groups in total. The van der Waals surface area contributed by atoms with E-state index >= 15 is 0 Å². The molecule has 0 atom stereocenters. The van der Waals surface area contributed by atoms with E-state index < -0.39 is 0 Å². The zero-order valence-electron chi connectivity index (χ0n) is 6.44. The highest BCUT2D eigenvalue weighted by Gasteiger charge is 1.77. The summed E-state index contributed by atoms with van der Waals surface area (Å²) >= 11 is 0. The molecule has 0 aliphatic heterocycles. The van der Waals surface area contributed by atoms with Gasteiger partial charge >= 0.3 is 0 Å². The van der Waals surface area contributed by atoms with Gasteiger partial charge in [-0.15, -0.1) is 5.73 Å². The Kier molecular flexibility index (Phi) is 4.95. The van der Waals surface area contributed by atoms with Crippen molar-refractivity contribution in [3.05, 3.63) is 29.5 Å². The molecular formula is C9H14. The fourth-order valence-corrected chi connectivity index (χ4v) is 0.456. The number of hydrogen-bond donors (Lipinski definition) is 0. The van der Waals surface area contributed by atoms with Crippen molar-refractivity contribution >= 4 is 0 Å². The topological polar surface area (TPSA) is 0 Å². The molecule has 0 unspecified atom stereocenters. The minimum Gasteiger partial charge on any atom is -0.130 e. The molecule has 0 saturated carbocycles. The Morgan fingerprint density at radius 3 is 2.56 bits per heavy atom. The fourth-order valence-electron chi connectivity index (χ4n) is 0.456. The standard InChI is InChI=1S/C9H14/c1-4-6-7-8-9(3)5-2/h4-5,7H,8H2,1-3H3/b9-5-. The molecule has 0 heterocycles. The third kappa shape index (κ3) is 5.13. The van der Waals surface area contributed by atoms with Crippen LogP contribution in [0.15, 0.2) is 29.5 Å². The van der Waals surface area contributed by atoms with E-state index in [4.69, 9.17) is 0 Å². The molecule has 0 saturated heterocycles. The summed E-state index contributed by atoms with van der Waals surface area (Å²) in [5, 5.41) is 0. The molecule has 0 amide bonds. The summed E-state index contributed by atoms with van der Waals surface area (Å²) in [5.74, 6) is 0. The monoisotopic (exact) mass is 122 g/mol. The molecule has 0 heteroatoms. The molecule has 0 aliphatic carbocycles. The van der Waals surface area contributed by atoms with Crippen LogP contribution in [0.3, 0.4) is 0 Å². The maximum Gasteiger partial charge on any atom is -0.00656 e. The first-order valence-corrected chi connectivity index (χ1v) is 3.28.